The molecule has 0 saturated heterocycles. The van der Waals surface area contributed by atoms with Crippen LogP contribution in [0.5, 0.6) is 0 Å². The van der Waals surface area contributed by atoms with Gasteiger partial charge in [-0.2, -0.15) is 0 Å². The Morgan fingerprint density at radius 2 is 2.07 bits per heavy atom. The van der Waals surface area contributed by atoms with E-state index in [0.717, 1.165) is 5.92 Å². The topological polar surface area (TPSA) is 32.3 Å². The van der Waals surface area contributed by atoms with Crippen molar-refractivity contribution in [3.8, 4) is 0 Å². The van der Waals surface area contributed by atoms with Crippen LogP contribution in [-0.2, 0) is 0 Å². The number of hydrogen-bond donors (Lipinski definition) is 2. The smallest absolute Gasteiger partial charge is 0.0582 e. The number of aliphatic hydroxyl groups is 1. The van der Waals surface area contributed by atoms with Crippen LogP contribution in [0.3, 0.4) is 0 Å². The van der Waals surface area contributed by atoms with Crippen LogP contribution in [0, 0.1) is 11.3 Å². The molecule has 84 valence electrons. The maximum absolute atomic E-state index is 9.00. The van der Waals surface area contributed by atoms with Gasteiger partial charge in [0.2, 0.25) is 0 Å². The number of nitrogens with one attached hydrogen (secondary N) is 1. The quantitative estimate of drug-likeness (QED) is 0.730. The van der Waals surface area contributed by atoms with Gasteiger partial charge in [0.1, 0.15) is 0 Å². The summed E-state index contributed by atoms with van der Waals surface area (Å²) < 4.78 is 0. The average molecular weight is 199 g/mol. The van der Waals surface area contributed by atoms with Gasteiger partial charge in [0.05, 0.1) is 6.61 Å². The normalized spacial score (nSPS) is 34.1. The lowest BCUT2D eigenvalue weighted by atomic mass is 9.70. The zero-order valence-electron chi connectivity index (χ0n) is 10.0. The van der Waals surface area contributed by atoms with Crippen LogP contribution in [0.1, 0.15) is 47.0 Å². The Balaban J connectivity index is 2.45. The molecule has 0 spiro atoms. The highest BCUT2D eigenvalue weighted by atomic mass is 16.3. The molecule has 1 rings (SSSR count). The minimum atomic E-state index is 0.237. The van der Waals surface area contributed by atoms with E-state index in [1.54, 1.807) is 0 Å². The molecular weight excluding hydrogens is 174 g/mol. The summed E-state index contributed by atoms with van der Waals surface area (Å²) in [7, 11) is 0. The van der Waals surface area contributed by atoms with Crippen molar-refractivity contribution in [3.63, 3.8) is 0 Å². The molecule has 0 bridgehead atoms. The molecule has 0 radical (unpaired) electrons. The summed E-state index contributed by atoms with van der Waals surface area (Å²) >= 11 is 0. The molecule has 2 heteroatoms. The first-order valence-electron chi connectivity index (χ1n) is 5.80. The van der Waals surface area contributed by atoms with E-state index < -0.39 is 0 Å². The molecule has 3 atom stereocenters. The Kier molecular flexibility index (Phi) is 3.96. The zero-order chi connectivity index (χ0) is 10.8. The third-order valence-electron chi connectivity index (χ3n) is 3.18. The van der Waals surface area contributed by atoms with Crippen LogP contribution in [0.15, 0.2) is 0 Å². The molecule has 14 heavy (non-hydrogen) atoms. The minimum Gasteiger partial charge on any atom is -0.395 e. The predicted octanol–water partition coefficient (Wildman–Crippen LogP) is 2.17. The zero-order valence-corrected chi connectivity index (χ0v) is 10.0. The van der Waals surface area contributed by atoms with Crippen molar-refractivity contribution in [2.24, 2.45) is 11.3 Å². The molecule has 1 saturated carbocycles. The second kappa shape index (κ2) is 4.63. The first kappa shape index (κ1) is 12.0. The van der Waals surface area contributed by atoms with Gasteiger partial charge in [-0.3, -0.25) is 0 Å². The van der Waals surface area contributed by atoms with E-state index in [1.807, 2.05) is 6.92 Å². The molecule has 0 amide bonds. The lowest BCUT2D eigenvalue weighted by molar-refractivity contribution is 0.135. The first-order valence-corrected chi connectivity index (χ1v) is 5.80. The summed E-state index contributed by atoms with van der Waals surface area (Å²) in [6, 6.07) is 0.831. The largest absolute Gasteiger partial charge is 0.395 e. The van der Waals surface area contributed by atoms with E-state index in [4.69, 9.17) is 5.11 Å². The van der Waals surface area contributed by atoms with Gasteiger partial charge in [0.25, 0.3) is 0 Å². The maximum Gasteiger partial charge on any atom is 0.0582 e. The van der Waals surface area contributed by atoms with E-state index in [2.05, 4.69) is 26.1 Å². The van der Waals surface area contributed by atoms with E-state index >= 15 is 0 Å². The Hall–Kier alpha value is -0.0800. The van der Waals surface area contributed by atoms with Crippen LogP contribution < -0.4 is 5.32 Å². The Labute approximate surface area is 88.1 Å². The maximum atomic E-state index is 9.00. The second-order valence-corrected chi connectivity index (χ2v) is 5.86. The van der Waals surface area contributed by atoms with E-state index in [-0.39, 0.29) is 12.6 Å². The monoisotopic (exact) mass is 199 g/mol. The molecule has 1 fully saturated rings. The minimum absolute atomic E-state index is 0.237. The first-order chi connectivity index (χ1) is 6.43. The number of rotatable bonds is 3. The van der Waals surface area contributed by atoms with Crippen LogP contribution in [0.2, 0.25) is 0 Å². The van der Waals surface area contributed by atoms with Crippen LogP contribution in [0.4, 0.5) is 0 Å². The van der Waals surface area contributed by atoms with Gasteiger partial charge in [-0.15, -0.1) is 0 Å². The van der Waals surface area contributed by atoms with Crippen LogP contribution in [-0.4, -0.2) is 23.8 Å². The summed E-state index contributed by atoms with van der Waals surface area (Å²) in [4.78, 5) is 0. The van der Waals surface area contributed by atoms with E-state index in [1.165, 1.54) is 19.3 Å². The number of hydrogen-bond acceptors (Lipinski definition) is 2. The highest BCUT2D eigenvalue weighted by Gasteiger charge is 2.32. The predicted molar refractivity (Wildman–Crippen MR) is 60.3 cm³/mol. The SMILES string of the molecule is C[C@@H]1C[C@@H](N[C@@H](C)CO)CC(C)(C)C1. The third-order valence-corrected chi connectivity index (χ3v) is 3.18. The lowest BCUT2D eigenvalue weighted by Crippen LogP contribution is -2.45. The van der Waals surface area contributed by atoms with Crippen LogP contribution in [0.25, 0.3) is 0 Å². The van der Waals surface area contributed by atoms with Crippen molar-refractivity contribution in [1.29, 1.82) is 0 Å². The molecular formula is C12H25NO. The molecule has 0 aromatic rings. The van der Waals surface area contributed by atoms with Crippen molar-refractivity contribution >= 4 is 0 Å². The molecule has 0 unspecified atom stereocenters. The van der Waals surface area contributed by atoms with Gasteiger partial charge in [-0.05, 0) is 37.5 Å². The summed E-state index contributed by atoms with van der Waals surface area (Å²) in [5.74, 6) is 0.808. The standard InChI is InChI=1S/C12H25NO/c1-9-5-11(13-10(2)8-14)7-12(3,4)6-9/h9-11,13-14H,5-8H2,1-4H3/t9-,10+,11-/m1/s1. The Morgan fingerprint density at radius 1 is 1.43 bits per heavy atom. The highest BCUT2D eigenvalue weighted by Crippen LogP contribution is 2.38. The van der Waals surface area contributed by atoms with Crippen molar-refractivity contribution in [2.45, 2.75) is 59.0 Å². The lowest BCUT2D eigenvalue weighted by Gasteiger charge is -2.40. The molecule has 0 aliphatic heterocycles. The van der Waals surface area contributed by atoms with Crippen molar-refractivity contribution < 1.29 is 5.11 Å². The molecule has 1 aliphatic rings. The van der Waals surface area contributed by atoms with E-state index in [9.17, 15) is 0 Å². The molecule has 2 nitrogen and oxygen atoms in total. The van der Waals surface area contributed by atoms with Gasteiger partial charge in [0, 0.05) is 12.1 Å². The molecule has 1 aliphatic carbocycles. The molecule has 2 N–H and O–H groups in total. The second-order valence-electron chi connectivity index (χ2n) is 5.86. The van der Waals surface area contributed by atoms with Gasteiger partial charge in [0.15, 0.2) is 0 Å². The summed E-state index contributed by atoms with van der Waals surface area (Å²) in [5.41, 5.74) is 0.463. The fourth-order valence-electron chi connectivity index (χ4n) is 2.93. The fourth-order valence-corrected chi connectivity index (χ4v) is 2.93. The van der Waals surface area contributed by atoms with Crippen molar-refractivity contribution in [1.82, 2.24) is 5.32 Å². The summed E-state index contributed by atoms with van der Waals surface area (Å²) in [5, 5.41) is 12.5. The fraction of sp³-hybridized carbons (Fsp3) is 1.00. The Bertz CT molecular complexity index is 179. The van der Waals surface area contributed by atoms with Crippen LogP contribution >= 0.6 is 0 Å². The van der Waals surface area contributed by atoms with E-state index in [0.29, 0.717) is 11.5 Å². The van der Waals surface area contributed by atoms with Gasteiger partial charge >= 0.3 is 0 Å². The molecule has 0 heterocycles. The Morgan fingerprint density at radius 3 is 2.57 bits per heavy atom. The van der Waals surface area contributed by atoms with Gasteiger partial charge in [-0.25, -0.2) is 0 Å². The molecule has 0 aromatic heterocycles. The van der Waals surface area contributed by atoms with Gasteiger partial charge in [-0.1, -0.05) is 20.8 Å². The van der Waals surface area contributed by atoms with Crippen molar-refractivity contribution in [2.75, 3.05) is 6.61 Å². The summed E-state index contributed by atoms with van der Waals surface area (Å²) in [6.45, 7) is 9.32. The average Bonchev–Trinajstić information content (AvgIpc) is 1.99. The highest BCUT2D eigenvalue weighted by molar-refractivity contribution is 4.87. The molecule has 0 aromatic carbocycles. The van der Waals surface area contributed by atoms with Gasteiger partial charge < -0.3 is 10.4 Å². The summed E-state index contributed by atoms with van der Waals surface area (Å²) in [6.07, 6.45) is 3.83. The third kappa shape index (κ3) is 3.58. The van der Waals surface area contributed by atoms with Crippen molar-refractivity contribution in [3.05, 3.63) is 0 Å². The number of aliphatic hydroxyl groups excluding tert-OH is 1.